The summed E-state index contributed by atoms with van der Waals surface area (Å²) in [5, 5.41) is 8.99. The summed E-state index contributed by atoms with van der Waals surface area (Å²) >= 11 is 9.79. The van der Waals surface area contributed by atoms with Gasteiger partial charge in [0.2, 0.25) is 0 Å². The highest BCUT2D eigenvalue weighted by Crippen LogP contribution is 2.33. The van der Waals surface area contributed by atoms with Crippen molar-refractivity contribution < 1.29 is 4.79 Å². The Balaban J connectivity index is 1.78. The number of anilines is 1. The van der Waals surface area contributed by atoms with Gasteiger partial charge in [-0.15, -0.1) is 27.8 Å². The lowest BCUT2D eigenvalue weighted by molar-refractivity contribution is 0.103. The molecule has 0 aromatic carbocycles. The van der Waals surface area contributed by atoms with Crippen LogP contribution in [0.4, 0.5) is 5.13 Å². The van der Waals surface area contributed by atoms with Gasteiger partial charge in [-0.1, -0.05) is 16.1 Å². The van der Waals surface area contributed by atoms with Crippen molar-refractivity contribution in [2.24, 2.45) is 0 Å². The van der Waals surface area contributed by atoms with Crippen LogP contribution in [-0.4, -0.2) is 20.5 Å². The Morgan fingerprint density at radius 1 is 1.40 bits per heavy atom. The highest BCUT2D eigenvalue weighted by molar-refractivity contribution is 7.20. The maximum Gasteiger partial charge on any atom is 0.271 e. The van der Waals surface area contributed by atoms with E-state index in [2.05, 4.69) is 19.9 Å². The summed E-state index contributed by atoms with van der Waals surface area (Å²) in [5.74, 6) is -0.234. The number of hydrogen-bond donors (Lipinski definition) is 1. The zero-order chi connectivity index (χ0) is 14.1. The van der Waals surface area contributed by atoms with Gasteiger partial charge in [0.1, 0.15) is 4.88 Å². The predicted octanol–water partition coefficient (Wildman–Crippen LogP) is 3.94. The number of rotatable bonds is 3. The van der Waals surface area contributed by atoms with Gasteiger partial charge in [0.15, 0.2) is 5.13 Å². The van der Waals surface area contributed by atoms with E-state index in [1.807, 2.05) is 17.5 Å². The fraction of sp³-hybridized carbons (Fsp3) is 0.0909. The SMILES string of the molecule is Cc1nnsc1C(=O)Nc1nc(-c2ccc(Cl)s2)cs1. The minimum atomic E-state index is -0.234. The molecule has 3 aromatic heterocycles. The fourth-order valence-electron chi connectivity index (χ4n) is 1.49. The topological polar surface area (TPSA) is 67.8 Å². The zero-order valence-electron chi connectivity index (χ0n) is 10.1. The Morgan fingerprint density at radius 3 is 2.90 bits per heavy atom. The lowest BCUT2D eigenvalue weighted by atomic mass is 10.4. The summed E-state index contributed by atoms with van der Waals surface area (Å²) in [5.41, 5.74) is 1.43. The van der Waals surface area contributed by atoms with Gasteiger partial charge in [-0.05, 0) is 30.6 Å². The van der Waals surface area contributed by atoms with Crippen LogP contribution in [0.1, 0.15) is 15.4 Å². The largest absolute Gasteiger partial charge is 0.297 e. The van der Waals surface area contributed by atoms with Crippen LogP contribution < -0.4 is 5.32 Å². The summed E-state index contributed by atoms with van der Waals surface area (Å²) in [7, 11) is 0. The Bertz CT molecular complexity index is 763. The Kier molecular flexibility index (Phi) is 3.79. The van der Waals surface area contributed by atoms with E-state index >= 15 is 0 Å². The summed E-state index contributed by atoms with van der Waals surface area (Å²) in [6, 6.07) is 3.73. The molecule has 0 aliphatic rings. The monoisotopic (exact) mass is 342 g/mol. The van der Waals surface area contributed by atoms with E-state index in [4.69, 9.17) is 11.6 Å². The van der Waals surface area contributed by atoms with Crippen LogP contribution in [0.15, 0.2) is 17.5 Å². The normalized spacial score (nSPS) is 10.7. The standard InChI is InChI=1S/C11H7ClN4OS3/c1-5-9(20-16-15-5)10(17)14-11-13-6(4-18-11)7-2-3-8(12)19-7/h2-4H,1H3,(H,13,14,17). The number of carbonyl (C=O) groups excluding carboxylic acids is 1. The molecule has 0 atom stereocenters. The molecular weight excluding hydrogens is 336 g/mol. The molecular formula is C11H7ClN4OS3. The van der Waals surface area contributed by atoms with Gasteiger partial charge in [0.05, 0.1) is 20.6 Å². The number of thiazole rings is 1. The molecule has 3 heterocycles. The number of hydrogen-bond acceptors (Lipinski definition) is 7. The molecule has 9 heteroatoms. The molecule has 1 amide bonds. The summed E-state index contributed by atoms with van der Waals surface area (Å²) < 4.78 is 4.45. The van der Waals surface area contributed by atoms with Crippen molar-refractivity contribution in [1.29, 1.82) is 0 Å². The smallest absolute Gasteiger partial charge is 0.271 e. The molecule has 0 saturated heterocycles. The number of amides is 1. The number of carbonyl (C=O) groups is 1. The fourth-order valence-corrected chi connectivity index (χ4v) is 3.83. The van der Waals surface area contributed by atoms with Crippen molar-refractivity contribution in [3.05, 3.63) is 32.4 Å². The number of nitrogens with zero attached hydrogens (tertiary/aromatic N) is 3. The number of nitrogens with one attached hydrogen (secondary N) is 1. The Hall–Kier alpha value is -1.35. The number of aryl methyl sites for hydroxylation is 1. The molecule has 0 radical (unpaired) electrons. The van der Waals surface area contributed by atoms with Gasteiger partial charge in [0, 0.05) is 5.38 Å². The van der Waals surface area contributed by atoms with Gasteiger partial charge in [-0.25, -0.2) is 4.98 Å². The lowest BCUT2D eigenvalue weighted by Crippen LogP contribution is -2.11. The van der Waals surface area contributed by atoms with E-state index in [9.17, 15) is 4.79 Å². The third-order valence-corrected chi connectivity index (χ3v) is 5.25. The molecule has 0 fully saturated rings. The van der Waals surface area contributed by atoms with Crippen molar-refractivity contribution in [1.82, 2.24) is 14.6 Å². The van der Waals surface area contributed by atoms with Gasteiger partial charge in [0.25, 0.3) is 5.91 Å². The average Bonchev–Trinajstić information content (AvgIpc) is 3.10. The molecule has 0 bridgehead atoms. The molecule has 3 aromatic rings. The summed E-state index contributed by atoms with van der Waals surface area (Å²) in [6.07, 6.45) is 0. The second-order valence-corrected chi connectivity index (χ2v) is 7.11. The number of halogens is 1. The van der Waals surface area contributed by atoms with Crippen LogP contribution >= 0.6 is 45.8 Å². The van der Waals surface area contributed by atoms with E-state index in [1.54, 1.807) is 6.92 Å². The molecule has 0 aliphatic heterocycles. The molecule has 3 rings (SSSR count). The van der Waals surface area contributed by atoms with E-state index in [1.165, 1.54) is 22.7 Å². The van der Waals surface area contributed by atoms with Crippen LogP contribution in [0.3, 0.4) is 0 Å². The average molecular weight is 343 g/mol. The van der Waals surface area contributed by atoms with E-state index in [-0.39, 0.29) is 5.91 Å². The lowest BCUT2D eigenvalue weighted by Gasteiger charge is -1.98. The number of thiophene rings is 1. The van der Waals surface area contributed by atoms with Crippen LogP contribution in [-0.2, 0) is 0 Å². The van der Waals surface area contributed by atoms with E-state index < -0.39 is 0 Å². The minimum absolute atomic E-state index is 0.234. The first-order chi connectivity index (χ1) is 9.63. The van der Waals surface area contributed by atoms with Crippen molar-refractivity contribution >= 4 is 56.8 Å². The highest BCUT2D eigenvalue weighted by atomic mass is 35.5. The van der Waals surface area contributed by atoms with Crippen molar-refractivity contribution in [2.45, 2.75) is 6.92 Å². The third-order valence-electron chi connectivity index (χ3n) is 2.41. The maximum absolute atomic E-state index is 12.0. The second-order valence-electron chi connectivity index (χ2n) is 3.78. The summed E-state index contributed by atoms with van der Waals surface area (Å²) in [4.78, 5) is 17.9. The first-order valence-corrected chi connectivity index (χ1v) is 8.30. The molecule has 0 saturated carbocycles. The van der Waals surface area contributed by atoms with Crippen LogP contribution in [0.2, 0.25) is 4.34 Å². The zero-order valence-corrected chi connectivity index (χ0v) is 13.3. The summed E-state index contributed by atoms with van der Waals surface area (Å²) in [6.45, 7) is 1.75. The van der Waals surface area contributed by atoms with Crippen molar-refractivity contribution in [3.8, 4) is 10.6 Å². The molecule has 20 heavy (non-hydrogen) atoms. The van der Waals surface area contributed by atoms with Gasteiger partial charge in [-0.2, -0.15) is 0 Å². The van der Waals surface area contributed by atoms with Crippen molar-refractivity contribution in [2.75, 3.05) is 5.32 Å². The van der Waals surface area contributed by atoms with E-state index in [0.29, 0.717) is 20.0 Å². The van der Waals surface area contributed by atoms with Crippen LogP contribution in [0.5, 0.6) is 0 Å². The van der Waals surface area contributed by atoms with Crippen LogP contribution in [0.25, 0.3) is 10.6 Å². The Labute approximate surface area is 131 Å². The highest BCUT2D eigenvalue weighted by Gasteiger charge is 2.15. The van der Waals surface area contributed by atoms with Gasteiger partial charge >= 0.3 is 0 Å². The van der Waals surface area contributed by atoms with Gasteiger partial charge < -0.3 is 0 Å². The minimum Gasteiger partial charge on any atom is -0.297 e. The molecule has 0 aliphatic carbocycles. The van der Waals surface area contributed by atoms with E-state index in [0.717, 1.165) is 22.1 Å². The number of aromatic nitrogens is 3. The molecule has 1 N–H and O–H groups in total. The van der Waals surface area contributed by atoms with Crippen molar-refractivity contribution in [3.63, 3.8) is 0 Å². The molecule has 0 unspecified atom stereocenters. The maximum atomic E-state index is 12.0. The van der Waals surface area contributed by atoms with Crippen LogP contribution in [0, 0.1) is 6.92 Å². The predicted molar refractivity (Wildman–Crippen MR) is 83.0 cm³/mol. The first kappa shape index (κ1) is 13.6. The Morgan fingerprint density at radius 2 is 2.25 bits per heavy atom. The first-order valence-electron chi connectivity index (χ1n) is 5.45. The third kappa shape index (κ3) is 2.73. The molecule has 0 spiro atoms. The molecule has 5 nitrogen and oxygen atoms in total. The second kappa shape index (κ2) is 5.57. The molecule has 102 valence electrons. The quantitative estimate of drug-likeness (QED) is 0.782. The van der Waals surface area contributed by atoms with Gasteiger partial charge in [-0.3, -0.25) is 10.1 Å².